The first-order valence-electron chi connectivity index (χ1n) is 19.5. The van der Waals surface area contributed by atoms with Crippen LogP contribution >= 0.6 is 0 Å². The molecular weight excluding hydrogens is 705 g/mol. The second-order valence-electron chi connectivity index (χ2n) is 14.6. The Morgan fingerprint density at radius 1 is 0.241 bits per heavy atom. The highest BCUT2D eigenvalue weighted by Crippen LogP contribution is 2.39. The largest absolute Gasteiger partial charge is 0.236 e. The molecule has 0 radical (unpaired) electrons. The van der Waals surface area contributed by atoms with Crippen molar-refractivity contribution >= 4 is 64.6 Å². The molecule has 0 saturated carbocycles. The van der Waals surface area contributed by atoms with E-state index >= 15 is 0 Å². The summed E-state index contributed by atoms with van der Waals surface area (Å²) >= 11 is 0. The molecule has 0 fully saturated rings. The van der Waals surface area contributed by atoms with E-state index in [0.717, 1.165) is 49.8 Å². The van der Waals surface area contributed by atoms with Crippen molar-refractivity contribution in [1.29, 1.82) is 0 Å². The van der Waals surface area contributed by atoms with Crippen LogP contribution in [0.5, 0.6) is 0 Å². The van der Waals surface area contributed by atoms with E-state index in [0.29, 0.717) is 11.6 Å². The second kappa shape index (κ2) is 14.0. The van der Waals surface area contributed by atoms with Crippen molar-refractivity contribution in [1.82, 2.24) is 19.9 Å². The van der Waals surface area contributed by atoms with E-state index in [-0.39, 0.29) is 0 Å². The van der Waals surface area contributed by atoms with Crippen LogP contribution in [-0.2, 0) is 0 Å². The molecule has 0 amide bonds. The summed E-state index contributed by atoms with van der Waals surface area (Å²) < 4.78 is 0. The maximum absolute atomic E-state index is 5.25. The second-order valence-corrected chi connectivity index (χ2v) is 14.6. The van der Waals surface area contributed by atoms with Crippen LogP contribution in [0.3, 0.4) is 0 Å². The molecule has 0 aliphatic rings. The molecule has 0 atom stereocenters. The van der Waals surface area contributed by atoms with Gasteiger partial charge in [0.2, 0.25) is 0 Å². The molecular formula is C54H34N4. The Kier molecular flexibility index (Phi) is 8.11. The van der Waals surface area contributed by atoms with E-state index in [9.17, 15) is 0 Å². The van der Waals surface area contributed by atoms with Crippen molar-refractivity contribution < 1.29 is 0 Å². The van der Waals surface area contributed by atoms with E-state index in [4.69, 9.17) is 19.9 Å². The number of nitrogens with zero attached hydrogens (tertiary/aromatic N) is 4. The number of hydrogen-bond acceptors (Lipinski definition) is 4. The third-order valence-corrected chi connectivity index (χ3v) is 11.2. The Balaban J connectivity index is 1.25. The Bertz CT molecular complexity index is 3430. The van der Waals surface area contributed by atoms with Crippen molar-refractivity contribution in [3.8, 4) is 45.3 Å². The highest BCUT2D eigenvalue weighted by molar-refractivity contribution is 6.27. The molecule has 2 heterocycles. The number of fused-ring (bicyclic) bond motifs is 11. The summed E-state index contributed by atoms with van der Waals surface area (Å²) in [7, 11) is 0. The molecule has 11 aromatic rings. The Hall–Kier alpha value is -7.82. The standard InChI is InChI=1S/C54H34N4/c1-3-15-35(16-4-1)51-32-52(40-33-55-53(56-34-40)36-17-5-2-6-18-36)58-54(57-51)39-27-28-47-45-25-12-11-23-43(45)41-21-9-10-22-42(41)44-24-13-14-26-46(44)48-29-37-19-7-8-20-38(37)30-50(48)49(47)31-39/h1-34H. The van der Waals surface area contributed by atoms with Crippen LogP contribution in [0.15, 0.2) is 207 Å². The third-order valence-electron chi connectivity index (χ3n) is 11.2. The highest BCUT2D eigenvalue weighted by Gasteiger charge is 2.15. The summed E-state index contributed by atoms with van der Waals surface area (Å²) in [6.45, 7) is 0. The SMILES string of the molecule is c1ccc(-c2cc(-c3cnc(-c4ccccc4)nc3)nc(-c3ccc4c5ccccc5c5ccccc5c5ccccc5c5cc6ccccc6cc5c4c3)n2)cc1. The summed E-state index contributed by atoms with van der Waals surface area (Å²) in [5, 5.41) is 14.1. The van der Waals surface area contributed by atoms with Crippen LogP contribution in [0.2, 0.25) is 0 Å². The van der Waals surface area contributed by atoms with Gasteiger partial charge < -0.3 is 0 Å². The maximum atomic E-state index is 5.25. The fourth-order valence-corrected chi connectivity index (χ4v) is 8.36. The summed E-state index contributed by atoms with van der Waals surface area (Å²) in [5.74, 6) is 1.30. The van der Waals surface area contributed by atoms with Gasteiger partial charge in [0.15, 0.2) is 11.6 Å². The molecule has 58 heavy (non-hydrogen) atoms. The van der Waals surface area contributed by atoms with Crippen LogP contribution in [0.4, 0.5) is 0 Å². The minimum atomic E-state index is 0.629. The summed E-state index contributed by atoms with van der Waals surface area (Å²) in [5.41, 5.74) is 5.30. The average Bonchev–Trinajstić information content (AvgIpc) is 3.31. The monoisotopic (exact) mass is 738 g/mol. The van der Waals surface area contributed by atoms with Crippen molar-refractivity contribution in [2.24, 2.45) is 0 Å². The molecule has 0 spiro atoms. The van der Waals surface area contributed by atoms with Gasteiger partial charge in [0.1, 0.15) is 0 Å². The first kappa shape index (κ1) is 33.5. The van der Waals surface area contributed by atoms with Gasteiger partial charge in [0.25, 0.3) is 0 Å². The molecule has 4 nitrogen and oxygen atoms in total. The fourth-order valence-electron chi connectivity index (χ4n) is 8.36. The molecule has 0 unspecified atom stereocenters. The highest BCUT2D eigenvalue weighted by atomic mass is 14.9. The molecule has 11 rings (SSSR count). The summed E-state index contributed by atoms with van der Waals surface area (Å²) in [6.07, 6.45) is 3.72. The maximum Gasteiger partial charge on any atom is 0.160 e. The third kappa shape index (κ3) is 5.87. The molecule has 270 valence electrons. The fraction of sp³-hybridized carbons (Fsp3) is 0. The van der Waals surface area contributed by atoms with Crippen LogP contribution in [0, 0.1) is 0 Å². The molecule has 0 aliphatic heterocycles. The number of hydrogen-bond donors (Lipinski definition) is 0. The lowest BCUT2D eigenvalue weighted by molar-refractivity contribution is 1.14. The van der Waals surface area contributed by atoms with E-state index in [1.54, 1.807) is 0 Å². The van der Waals surface area contributed by atoms with Crippen molar-refractivity contribution in [3.63, 3.8) is 0 Å². The number of benzene rings is 8. The molecule has 2 aromatic heterocycles. The van der Waals surface area contributed by atoms with E-state index < -0.39 is 0 Å². The first-order valence-corrected chi connectivity index (χ1v) is 19.5. The van der Waals surface area contributed by atoms with Gasteiger partial charge in [0.05, 0.1) is 11.4 Å². The van der Waals surface area contributed by atoms with E-state index in [2.05, 4.69) is 140 Å². The van der Waals surface area contributed by atoms with E-state index in [1.807, 2.05) is 67.0 Å². The number of aromatic nitrogens is 4. The number of rotatable bonds is 4. The smallest absolute Gasteiger partial charge is 0.160 e. The minimum absolute atomic E-state index is 0.629. The predicted molar refractivity (Wildman–Crippen MR) is 242 cm³/mol. The van der Waals surface area contributed by atoms with Gasteiger partial charge in [-0.25, -0.2) is 19.9 Å². The van der Waals surface area contributed by atoms with Gasteiger partial charge in [-0.2, -0.15) is 0 Å². The lowest BCUT2D eigenvalue weighted by atomic mass is 9.92. The normalized spacial score (nSPS) is 11.4. The molecule has 9 aromatic carbocycles. The molecule has 0 saturated heterocycles. The molecule has 0 bridgehead atoms. The van der Waals surface area contributed by atoms with Gasteiger partial charge in [0, 0.05) is 34.6 Å². The Morgan fingerprint density at radius 2 is 0.638 bits per heavy atom. The van der Waals surface area contributed by atoms with Crippen LogP contribution in [0.1, 0.15) is 0 Å². The molecule has 0 N–H and O–H groups in total. The lowest BCUT2D eigenvalue weighted by Crippen LogP contribution is -1.97. The topological polar surface area (TPSA) is 51.6 Å². The van der Waals surface area contributed by atoms with Gasteiger partial charge in [-0.05, 0) is 88.9 Å². The molecule has 0 aliphatic carbocycles. The van der Waals surface area contributed by atoms with Crippen LogP contribution < -0.4 is 0 Å². The van der Waals surface area contributed by atoms with Crippen molar-refractivity contribution in [3.05, 3.63) is 207 Å². The zero-order chi connectivity index (χ0) is 38.4. The summed E-state index contributed by atoms with van der Waals surface area (Å²) in [6, 6.07) is 68.9. The lowest BCUT2D eigenvalue weighted by Gasteiger charge is -2.13. The van der Waals surface area contributed by atoms with Crippen LogP contribution in [0.25, 0.3) is 110 Å². The van der Waals surface area contributed by atoms with Gasteiger partial charge in [-0.15, -0.1) is 0 Å². The zero-order valence-corrected chi connectivity index (χ0v) is 31.4. The van der Waals surface area contributed by atoms with Gasteiger partial charge in [-0.1, -0.05) is 170 Å². The average molecular weight is 739 g/mol. The zero-order valence-electron chi connectivity index (χ0n) is 31.4. The Labute approximate surface area is 335 Å². The first-order chi connectivity index (χ1) is 28.7. The van der Waals surface area contributed by atoms with Gasteiger partial charge in [-0.3, -0.25) is 0 Å². The van der Waals surface area contributed by atoms with Crippen molar-refractivity contribution in [2.75, 3.05) is 0 Å². The predicted octanol–water partition coefficient (Wildman–Crippen LogP) is 14.0. The van der Waals surface area contributed by atoms with Gasteiger partial charge >= 0.3 is 0 Å². The Morgan fingerprint density at radius 3 is 1.17 bits per heavy atom. The van der Waals surface area contributed by atoms with E-state index in [1.165, 1.54) is 48.5 Å². The summed E-state index contributed by atoms with van der Waals surface area (Å²) in [4.78, 5) is 20.0. The van der Waals surface area contributed by atoms with Crippen LogP contribution in [-0.4, -0.2) is 19.9 Å². The molecule has 4 heteroatoms. The van der Waals surface area contributed by atoms with Crippen molar-refractivity contribution in [2.45, 2.75) is 0 Å². The minimum Gasteiger partial charge on any atom is -0.236 e. The quantitative estimate of drug-likeness (QED) is 0.180.